The van der Waals surface area contributed by atoms with Crippen LogP contribution >= 0.6 is 22.6 Å². The first-order valence-electron chi connectivity index (χ1n) is 6.12. The van der Waals surface area contributed by atoms with Crippen LogP contribution in [-0.2, 0) is 4.74 Å². The van der Waals surface area contributed by atoms with E-state index in [2.05, 4.69) is 53.0 Å². The Labute approximate surface area is 112 Å². The predicted octanol–water partition coefficient (Wildman–Crippen LogP) is 4.25. The van der Waals surface area contributed by atoms with E-state index >= 15 is 0 Å². The summed E-state index contributed by atoms with van der Waals surface area (Å²) in [6.45, 7) is 0.847. The highest BCUT2D eigenvalue weighted by atomic mass is 127. The number of hydrogen-bond donors (Lipinski definition) is 0. The van der Waals surface area contributed by atoms with Crippen LogP contribution in [0.1, 0.15) is 25.7 Å². The molecule has 0 saturated heterocycles. The molecule has 0 saturated carbocycles. The molecule has 2 unspecified atom stereocenters. The Morgan fingerprint density at radius 2 is 2.31 bits per heavy atom. The van der Waals surface area contributed by atoms with Crippen molar-refractivity contribution in [3.05, 3.63) is 36.1 Å². The Morgan fingerprint density at radius 3 is 3.06 bits per heavy atom. The highest BCUT2D eigenvalue weighted by Crippen LogP contribution is 2.28. The average molecular weight is 330 g/mol. The van der Waals surface area contributed by atoms with E-state index < -0.39 is 0 Å². The number of halogens is 1. The van der Waals surface area contributed by atoms with Gasteiger partial charge in [0.25, 0.3) is 0 Å². The fourth-order valence-electron chi connectivity index (χ4n) is 2.21. The molecule has 0 aromatic heterocycles. The zero-order valence-corrected chi connectivity index (χ0v) is 11.7. The Kier molecular flexibility index (Phi) is 4.94. The summed E-state index contributed by atoms with van der Waals surface area (Å²) < 4.78 is 7.18. The maximum atomic E-state index is 6.00. The van der Waals surface area contributed by atoms with Crippen molar-refractivity contribution in [1.82, 2.24) is 0 Å². The van der Waals surface area contributed by atoms with Crippen LogP contribution in [0.2, 0.25) is 0 Å². The summed E-state index contributed by atoms with van der Waals surface area (Å²) in [5.41, 5.74) is 0. The minimum Gasteiger partial charge on any atom is -0.497 e. The molecule has 0 radical (unpaired) electrons. The molecule has 2 rings (SSSR count). The number of rotatable bonds is 4. The van der Waals surface area contributed by atoms with Crippen molar-refractivity contribution in [1.29, 1.82) is 0 Å². The van der Waals surface area contributed by atoms with Gasteiger partial charge in [0.05, 0.1) is 12.4 Å². The van der Waals surface area contributed by atoms with Crippen LogP contribution in [0.4, 0.5) is 0 Å². The van der Waals surface area contributed by atoms with Crippen molar-refractivity contribution in [2.75, 3.05) is 11.0 Å². The van der Waals surface area contributed by atoms with Gasteiger partial charge in [-0.05, 0) is 31.8 Å². The summed E-state index contributed by atoms with van der Waals surface area (Å²) in [4.78, 5) is 0. The lowest BCUT2D eigenvalue weighted by Gasteiger charge is -2.24. The summed E-state index contributed by atoms with van der Waals surface area (Å²) in [6, 6.07) is 0. The molecular formula is C14H19IO. The van der Waals surface area contributed by atoms with Crippen molar-refractivity contribution >= 4 is 22.6 Å². The second-order valence-electron chi connectivity index (χ2n) is 4.51. The normalized spacial score (nSPS) is 28.9. The van der Waals surface area contributed by atoms with Gasteiger partial charge in [0.15, 0.2) is 0 Å². The highest BCUT2D eigenvalue weighted by Gasteiger charge is 2.18. The molecule has 0 amide bonds. The van der Waals surface area contributed by atoms with Crippen molar-refractivity contribution in [2.45, 2.75) is 25.7 Å². The van der Waals surface area contributed by atoms with Gasteiger partial charge in [-0.15, -0.1) is 0 Å². The minimum absolute atomic E-state index is 0.572. The van der Waals surface area contributed by atoms with Gasteiger partial charge in [0, 0.05) is 16.3 Å². The molecule has 2 aliphatic rings. The Balaban J connectivity index is 1.82. The zero-order chi connectivity index (χ0) is 11.2. The molecule has 0 aromatic carbocycles. The largest absolute Gasteiger partial charge is 0.497 e. The van der Waals surface area contributed by atoms with E-state index in [-0.39, 0.29) is 0 Å². The summed E-state index contributed by atoms with van der Waals surface area (Å²) in [5, 5.41) is 0. The van der Waals surface area contributed by atoms with Gasteiger partial charge in [-0.3, -0.25) is 0 Å². The van der Waals surface area contributed by atoms with Crippen LogP contribution in [0.25, 0.3) is 0 Å². The smallest absolute Gasteiger partial charge is 0.0958 e. The van der Waals surface area contributed by atoms with Crippen molar-refractivity contribution < 1.29 is 4.74 Å². The lowest BCUT2D eigenvalue weighted by molar-refractivity contribution is 0.149. The molecule has 0 fully saturated rings. The van der Waals surface area contributed by atoms with E-state index in [1.807, 2.05) is 0 Å². The van der Waals surface area contributed by atoms with Gasteiger partial charge in [0.2, 0.25) is 0 Å². The molecule has 16 heavy (non-hydrogen) atoms. The Hall–Kier alpha value is -0.250. The maximum absolute atomic E-state index is 6.00. The molecule has 0 heterocycles. The molecular weight excluding hydrogens is 311 g/mol. The lowest BCUT2D eigenvalue weighted by Crippen LogP contribution is -2.16. The Bertz CT molecular complexity index is 304. The highest BCUT2D eigenvalue weighted by molar-refractivity contribution is 14.1. The second kappa shape index (κ2) is 6.48. The molecule has 2 aliphatic carbocycles. The first kappa shape index (κ1) is 12.2. The summed E-state index contributed by atoms with van der Waals surface area (Å²) in [5.74, 6) is 2.49. The van der Waals surface area contributed by atoms with Crippen molar-refractivity contribution in [3.8, 4) is 0 Å². The molecule has 0 aliphatic heterocycles. The SMILES string of the molecule is ICC1CCCC=C1OCC1C=CC=CC1. The van der Waals surface area contributed by atoms with Gasteiger partial charge < -0.3 is 4.74 Å². The molecule has 1 nitrogen and oxygen atoms in total. The molecule has 2 atom stereocenters. The standard InChI is InChI=1S/C14H19IO/c15-10-13-8-4-5-9-14(13)16-11-12-6-2-1-3-7-12/h1-3,6,9,12-13H,4-5,7-8,10-11H2. The maximum Gasteiger partial charge on any atom is 0.0958 e. The third kappa shape index (κ3) is 3.37. The average Bonchev–Trinajstić information content (AvgIpc) is 2.38. The third-order valence-electron chi connectivity index (χ3n) is 3.22. The van der Waals surface area contributed by atoms with Crippen LogP contribution in [0.3, 0.4) is 0 Å². The number of allylic oxidation sites excluding steroid dienone is 5. The predicted molar refractivity (Wildman–Crippen MR) is 76.7 cm³/mol. The molecule has 0 spiro atoms. The van der Waals surface area contributed by atoms with Gasteiger partial charge in [0.1, 0.15) is 0 Å². The van der Waals surface area contributed by atoms with Gasteiger partial charge in [-0.1, -0.05) is 46.9 Å². The van der Waals surface area contributed by atoms with Gasteiger partial charge >= 0.3 is 0 Å². The van der Waals surface area contributed by atoms with E-state index in [1.54, 1.807) is 0 Å². The van der Waals surface area contributed by atoms with Crippen LogP contribution in [0.15, 0.2) is 36.1 Å². The van der Waals surface area contributed by atoms with Crippen LogP contribution in [0, 0.1) is 11.8 Å². The minimum atomic E-state index is 0.572. The summed E-state index contributed by atoms with van der Waals surface area (Å²) >= 11 is 2.47. The first-order valence-corrected chi connectivity index (χ1v) is 7.65. The first-order chi connectivity index (χ1) is 7.90. The Morgan fingerprint density at radius 1 is 1.38 bits per heavy atom. The van der Waals surface area contributed by atoms with E-state index in [1.165, 1.54) is 29.4 Å². The van der Waals surface area contributed by atoms with E-state index in [0.29, 0.717) is 11.8 Å². The van der Waals surface area contributed by atoms with E-state index in [0.717, 1.165) is 13.0 Å². The number of hydrogen-bond acceptors (Lipinski definition) is 1. The molecule has 0 N–H and O–H groups in total. The third-order valence-corrected chi connectivity index (χ3v) is 4.29. The summed E-state index contributed by atoms with van der Waals surface area (Å²) in [7, 11) is 0. The van der Waals surface area contributed by atoms with Crippen molar-refractivity contribution in [2.24, 2.45) is 11.8 Å². The second-order valence-corrected chi connectivity index (χ2v) is 5.39. The monoisotopic (exact) mass is 330 g/mol. The lowest BCUT2D eigenvalue weighted by atomic mass is 9.95. The number of alkyl halides is 1. The fraction of sp³-hybridized carbons (Fsp3) is 0.571. The van der Waals surface area contributed by atoms with Crippen LogP contribution in [0.5, 0.6) is 0 Å². The molecule has 88 valence electrons. The molecule has 2 heteroatoms. The van der Waals surface area contributed by atoms with Crippen molar-refractivity contribution in [3.63, 3.8) is 0 Å². The van der Waals surface area contributed by atoms with Crippen LogP contribution < -0.4 is 0 Å². The topological polar surface area (TPSA) is 9.23 Å². The molecule has 0 bridgehead atoms. The zero-order valence-electron chi connectivity index (χ0n) is 9.57. The fourth-order valence-corrected chi connectivity index (χ4v) is 3.08. The van der Waals surface area contributed by atoms with E-state index in [4.69, 9.17) is 4.74 Å². The quantitative estimate of drug-likeness (QED) is 0.553. The van der Waals surface area contributed by atoms with Crippen LogP contribution in [-0.4, -0.2) is 11.0 Å². The number of ether oxygens (including phenoxy) is 1. The molecule has 0 aromatic rings. The van der Waals surface area contributed by atoms with Gasteiger partial charge in [-0.2, -0.15) is 0 Å². The van der Waals surface area contributed by atoms with E-state index in [9.17, 15) is 0 Å². The van der Waals surface area contributed by atoms with Gasteiger partial charge in [-0.25, -0.2) is 0 Å². The summed E-state index contributed by atoms with van der Waals surface area (Å²) in [6.07, 6.45) is 16.0.